The van der Waals surface area contributed by atoms with Gasteiger partial charge in [0.25, 0.3) is 0 Å². The van der Waals surface area contributed by atoms with Gasteiger partial charge in [0.05, 0.1) is 6.10 Å². The van der Waals surface area contributed by atoms with Crippen molar-refractivity contribution >= 4 is 17.9 Å². The van der Waals surface area contributed by atoms with Gasteiger partial charge < -0.3 is 19.7 Å². The molecular formula is C27H36F2O7. The average molecular weight is 511 g/mol. The Balaban J connectivity index is 1.77. The summed E-state index contributed by atoms with van der Waals surface area (Å²) in [5, 5.41) is 21.8. The zero-order chi connectivity index (χ0) is 26.8. The number of fused-ring (bicyclic) bond motifs is 5. The van der Waals surface area contributed by atoms with E-state index in [2.05, 4.69) is 0 Å². The van der Waals surface area contributed by atoms with E-state index in [1.807, 2.05) is 13.8 Å². The van der Waals surface area contributed by atoms with Crippen LogP contribution in [-0.2, 0) is 19.1 Å². The van der Waals surface area contributed by atoms with Crippen molar-refractivity contribution in [2.24, 2.45) is 22.7 Å². The van der Waals surface area contributed by atoms with E-state index in [0.29, 0.717) is 18.4 Å². The lowest BCUT2D eigenvalue weighted by Gasteiger charge is -2.63. The number of hydrogen-bond donors (Lipinski definition) is 2. The number of alkyl halides is 2. The predicted molar refractivity (Wildman–Crippen MR) is 126 cm³/mol. The van der Waals surface area contributed by atoms with E-state index in [1.54, 1.807) is 13.8 Å². The molecule has 9 heteroatoms. The fraction of sp³-hybridized carbons (Fsp3) is 0.741. The molecular weight excluding hydrogens is 474 g/mol. The normalized spacial score (nSPS) is 43.6. The van der Waals surface area contributed by atoms with Crippen LogP contribution in [0.3, 0.4) is 0 Å². The van der Waals surface area contributed by atoms with Crippen molar-refractivity contribution in [3.63, 3.8) is 0 Å². The number of carboxylic acid groups (broad SMARTS) is 1. The van der Waals surface area contributed by atoms with Gasteiger partial charge in [-0.1, -0.05) is 26.3 Å². The van der Waals surface area contributed by atoms with E-state index in [0.717, 1.165) is 6.08 Å². The zero-order valence-corrected chi connectivity index (χ0v) is 21.5. The summed E-state index contributed by atoms with van der Waals surface area (Å²) in [5.74, 6) is -3.56. The lowest BCUT2D eigenvalue weighted by molar-refractivity contribution is -0.230. The van der Waals surface area contributed by atoms with Crippen LogP contribution >= 0.6 is 0 Å². The highest BCUT2D eigenvalue weighted by Crippen LogP contribution is 2.71. The second kappa shape index (κ2) is 8.64. The smallest absolute Gasteiger partial charge is 0.478 e. The second-order valence-electron chi connectivity index (χ2n) is 11.4. The summed E-state index contributed by atoms with van der Waals surface area (Å²) in [5.41, 5.74) is -6.98. The SMILES string of the molecule is CCC(CC)OC(=O)O[C@]1(C(=O)O)CC[C@H]2[C@@H]3C[C@H](F)C4=CC(=O)C=C(C)[C@]4(C)[C@@]3(F)[C@@H](O)C[C@@]21C. The summed E-state index contributed by atoms with van der Waals surface area (Å²) in [6.07, 6.45) is -1.97. The van der Waals surface area contributed by atoms with Gasteiger partial charge in [-0.15, -0.1) is 0 Å². The molecule has 0 aromatic carbocycles. The van der Waals surface area contributed by atoms with E-state index >= 15 is 8.78 Å². The molecule has 0 radical (unpaired) electrons. The van der Waals surface area contributed by atoms with Crippen molar-refractivity contribution in [1.82, 2.24) is 0 Å². The summed E-state index contributed by atoms with van der Waals surface area (Å²) < 4.78 is 43.9. The van der Waals surface area contributed by atoms with Crippen LogP contribution in [0.5, 0.6) is 0 Å². The molecule has 0 saturated heterocycles. The van der Waals surface area contributed by atoms with Crippen LogP contribution in [-0.4, -0.2) is 57.8 Å². The predicted octanol–water partition coefficient (Wildman–Crippen LogP) is 4.86. The van der Waals surface area contributed by atoms with Crippen molar-refractivity contribution in [1.29, 1.82) is 0 Å². The van der Waals surface area contributed by atoms with Crippen LogP contribution in [0, 0.1) is 22.7 Å². The maximum absolute atomic E-state index is 17.4. The number of ether oxygens (including phenoxy) is 2. The number of halogens is 2. The number of ketones is 1. The molecule has 0 bridgehead atoms. The molecule has 0 aromatic heterocycles. The quantitative estimate of drug-likeness (QED) is 0.508. The fourth-order valence-electron chi connectivity index (χ4n) is 7.88. The molecule has 0 heterocycles. The molecule has 4 aliphatic carbocycles. The highest BCUT2D eigenvalue weighted by molar-refractivity contribution is 6.02. The maximum Gasteiger partial charge on any atom is 0.509 e. The lowest BCUT2D eigenvalue weighted by atomic mass is 9.43. The molecule has 36 heavy (non-hydrogen) atoms. The van der Waals surface area contributed by atoms with Crippen molar-refractivity contribution in [2.45, 2.75) is 103 Å². The number of carboxylic acids is 1. The molecule has 0 amide bonds. The minimum Gasteiger partial charge on any atom is -0.478 e. The second-order valence-corrected chi connectivity index (χ2v) is 11.4. The largest absolute Gasteiger partial charge is 0.509 e. The first-order valence-corrected chi connectivity index (χ1v) is 12.8. The van der Waals surface area contributed by atoms with Crippen molar-refractivity contribution in [3.8, 4) is 0 Å². The van der Waals surface area contributed by atoms with E-state index < -0.39 is 70.2 Å². The standard InChI is InChI=1S/C27H36F2O7/c1-6-16(7-2)35-23(34)36-26(22(32)33)9-8-17-18-12-20(28)19-11-15(30)10-14(3)25(19,5)27(18,29)21(31)13-24(17,26)4/h10-11,16-18,20-21,31H,6-9,12-13H2,1-5H3,(H,32,33)/t17-,18-,20-,21-,24-,25-,26-,27-/m0/s1. The van der Waals surface area contributed by atoms with Crippen LogP contribution in [0.2, 0.25) is 0 Å². The number of aliphatic hydroxyl groups is 1. The Kier molecular flexibility index (Phi) is 6.42. The topological polar surface area (TPSA) is 110 Å². The van der Waals surface area contributed by atoms with Crippen molar-refractivity contribution < 1.29 is 42.9 Å². The van der Waals surface area contributed by atoms with E-state index in [4.69, 9.17) is 9.47 Å². The van der Waals surface area contributed by atoms with Gasteiger partial charge in [-0.05, 0) is 76.0 Å². The molecule has 3 saturated carbocycles. The summed E-state index contributed by atoms with van der Waals surface area (Å²) in [7, 11) is 0. The Hall–Kier alpha value is -2.29. The molecule has 4 rings (SSSR count). The number of aliphatic carboxylic acids is 1. The number of hydrogen-bond acceptors (Lipinski definition) is 6. The number of allylic oxidation sites excluding steroid dienone is 4. The van der Waals surface area contributed by atoms with Gasteiger partial charge in [-0.3, -0.25) is 4.79 Å². The van der Waals surface area contributed by atoms with Crippen molar-refractivity contribution in [2.75, 3.05) is 0 Å². The highest BCUT2D eigenvalue weighted by Gasteiger charge is 2.77. The Morgan fingerprint density at radius 3 is 2.42 bits per heavy atom. The summed E-state index contributed by atoms with van der Waals surface area (Å²) in [4.78, 5) is 37.5. The van der Waals surface area contributed by atoms with E-state index in [1.165, 1.54) is 13.0 Å². The number of aliphatic hydroxyl groups excluding tert-OH is 1. The van der Waals surface area contributed by atoms with E-state index in [-0.39, 0.29) is 31.3 Å². The Morgan fingerprint density at radius 1 is 1.19 bits per heavy atom. The minimum absolute atomic E-state index is 0.0152. The molecule has 4 aliphatic rings. The van der Waals surface area contributed by atoms with E-state index in [9.17, 15) is 24.6 Å². The molecule has 0 aromatic rings. The number of rotatable bonds is 5. The molecule has 8 atom stereocenters. The summed E-state index contributed by atoms with van der Waals surface area (Å²) >= 11 is 0. The van der Waals surface area contributed by atoms with Gasteiger partial charge in [0.2, 0.25) is 5.60 Å². The summed E-state index contributed by atoms with van der Waals surface area (Å²) in [6.45, 7) is 8.32. The highest BCUT2D eigenvalue weighted by atomic mass is 19.1. The molecule has 200 valence electrons. The van der Waals surface area contributed by atoms with Crippen LogP contribution < -0.4 is 0 Å². The molecule has 0 unspecified atom stereocenters. The Morgan fingerprint density at radius 2 is 1.83 bits per heavy atom. The number of carbonyl (C=O) groups is 3. The molecule has 3 fully saturated rings. The molecule has 2 N–H and O–H groups in total. The molecule has 0 spiro atoms. The fourth-order valence-corrected chi connectivity index (χ4v) is 7.88. The average Bonchev–Trinajstić information content (AvgIpc) is 3.08. The molecule has 0 aliphatic heterocycles. The first kappa shape index (κ1) is 26.8. The maximum atomic E-state index is 17.4. The van der Waals surface area contributed by atoms with Crippen molar-refractivity contribution in [3.05, 3.63) is 23.3 Å². The van der Waals surface area contributed by atoms with Gasteiger partial charge in [0, 0.05) is 16.7 Å². The van der Waals surface area contributed by atoms with Crippen LogP contribution in [0.4, 0.5) is 13.6 Å². The van der Waals surface area contributed by atoms with Gasteiger partial charge in [0.15, 0.2) is 11.5 Å². The third-order valence-electron chi connectivity index (χ3n) is 10.0. The third kappa shape index (κ3) is 3.26. The third-order valence-corrected chi connectivity index (χ3v) is 10.0. The number of carbonyl (C=O) groups excluding carboxylic acids is 2. The molecule has 7 nitrogen and oxygen atoms in total. The van der Waals surface area contributed by atoms with Gasteiger partial charge >= 0.3 is 12.1 Å². The van der Waals surface area contributed by atoms with Crippen LogP contribution in [0.1, 0.15) is 73.1 Å². The first-order chi connectivity index (χ1) is 16.7. The summed E-state index contributed by atoms with van der Waals surface area (Å²) in [6, 6.07) is 0. The van der Waals surface area contributed by atoms with Crippen LogP contribution in [0.25, 0.3) is 0 Å². The lowest BCUT2D eigenvalue weighted by Crippen LogP contribution is -2.71. The van der Waals surface area contributed by atoms with Crippen LogP contribution in [0.15, 0.2) is 23.3 Å². The monoisotopic (exact) mass is 510 g/mol. The first-order valence-electron chi connectivity index (χ1n) is 12.8. The van der Waals surface area contributed by atoms with Gasteiger partial charge in [-0.25, -0.2) is 18.4 Å². The van der Waals surface area contributed by atoms with Gasteiger partial charge in [-0.2, -0.15) is 0 Å². The zero-order valence-electron chi connectivity index (χ0n) is 21.5. The Bertz CT molecular complexity index is 1040. The minimum atomic E-state index is -2.34. The Labute approximate surface area is 209 Å². The van der Waals surface area contributed by atoms with Gasteiger partial charge in [0.1, 0.15) is 12.3 Å².